The summed E-state index contributed by atoms with van der Waals surface area (Å²) in [5, 5.41) is 11.3. The molecule has 1 fully saturated rings. The fourth-order valence-electron chi connectivity index (χ4n) is 8.03. The number of hydrogen-bond donors (Lipinski definition) is 4. The van der Waals surface area contributed by atoms with E-state index in [9.17, 15) is 57.5 Å². The number of alkyl halides is 3. The number of rotatable bonds is 41. The van der Waals surface area contributed by atoms with Crippen LogP contribution < -0.4 is 21.3 Å². The van der Waals surface area contributed by atoms with Gasteiger partial charge in [-0.1, -0.05) is 49.2 Å². The molecule has 2 atom stereocenters. The smallest absolute Gasteiger partial charge is 0.465 e. The van der Waals surface area contributed by atoms with Gasteiger partial charge in [-0.05, 0) is 140 Å². The van der Waals surface area contributed by atoms with Crippen molar-refractivity contribution in [1.29, 1.82) is 1.34 Å². The van der Waals surface area contributed by atoms with Gasteiger partial charge in [0.15, 0.2) is 5.70 Å². The second-order valence-corrected chi connectivity index (χ2v) is 24.8. The van der Waals surface area contributed by atoms with E-state index in [1.807, 2.05) is 24.3 Å². The number of ether oxygens (including phenoxy) is 11. The molecule has 2 unspecified atom stereocenters. The summed E-state index contributed by atoms with van der Waals surface area (Å²) >= 11 is 18.2. The zero-order chi connectivity index (χ0) is 78.2. The van der Waals surface area contributed by atoms with Crippen LogP contribution in [-0.2, 0) is 100 Å². The molecule has 3 radical (unpaired) electrons. The van der Waals surface area contributed by atoms with Crippen LogP contribution in [0.25, 0.3) is 0 Å². The van der Waals surface area contributed by atoms with E-state index in [1.165, 1.54) is 28.3 Å². The van der Waals surface area contributed by atoms with Gasteiger partial charge in [0.1, 0.15) is 57.2 Å². The first-order valence-corrected chi connectivity index (χ1v) is 36.5. The number of amides is 4. The second-order valence-electron chi connectivity index (χ2n) is 23.6. The molecule has 0 bridgehead atoms. The third kappa shape index (κ3) is 56.4. The minimum Gasteiger partial charge on any atom is -0.465 e. The Morgan fingerprint density at radius 3 is 1.43 bits per heavy atom. The first-order valence-electron chi connectivity index (χ1n) is 33.6. The molecule has 1 heterocycles. The van der Waals surface area contributed by atoms with Gasteiger partial charge in [-0.15, -0.1) is 34.8 Å². The van der Waals surface area contributed by atoms with Crippen LogP contribution in [0.1, 0.15) is 157 Å². The molecule has 1 aliphatic rings. The van der Waals surface area contributed by atoms with Crippen LogP contribution in [-0.4, -0.2) is 183 Å². The van der Waals surface area contributed by atoms with Crippen LogP contribution in [0.5, 0.6) is 0 Å². The van der Waals surface area contributed by atoms with E-state index < -0.39 is 65.2 Å². The quantitative estimate of drug-likeness (QED) is 0.00779. The van der Waals surface area contributed by atoms with E-state index >= 15 is 0 Å². The van der Waals surface area contributed by atoms with Crippen LogP contribution >= 0.6 is 66.3 Å². The number of urea groups is 1. The number of Topliss-reactive ketones (excluding diaryl/α,β-unsaturated/α-hetero) is 1. The molecule has 0 saturated carbocycles. The molecule has 39 heteroatoms. The third-order valence-electron chi connectivity index (χ3n) is 13.9. The number of anilines is 1. The Balaban J connectivity index is -0.000000544. The number of esters is 5. The Labute approximate surface area is 787 Å². The maximum Gasteiger partial charge on any atom is 0.508 e. The molecule has 591 valence electrons. The molecule has 3 aromatic carbocycles. The van der Waals surface area contributed by atoms with Crippen LogP contribution in [0.3, 0.4) is 0 Å². The Bertz CT molecular complexity index is 3080. The standard InChI is InChI=1S/C50H65ClN4O14.C10H17ClO4.C9H13ClO5.BI.BH3P.5U/c1-4-64-48(62)66-29-11-7-9-27-52-47(61)55-42-24-18-39(19-25-42)33-54-45(59)41-22-20-40(21-23-41)44(58)53-32-38-16-14-37(15-17-38)31-43(57)13-8-5-6-10-28-67-49(63)69-35-50(3,34-68-36(2)56)46(60)65-30-12-26-51;1-8(12)15-7-10(2,3)9(13)14-6-4-5-11;1-9(5-14-8(12)15-6-9)7(11)13-4-2-3-10;2*1-2;;;;;/h14-25H,4-13,26-35H2,1-3H3,(H,53,58)(H,54,59)(H2,52,55,61);4-7H2,1-3H3;2-6H2,1H3;;1H,2H2;;;;;/i;;;;1T;;;;;. The second kappa shape index (κ2) is 71.6. The summed E-state index contributed by atoms with van der Waals surface area (Å²) in [6.45, 7) is 12.2. The van der Waals surface area contributed by atoms with Crippen molar-refractivity contribution in [3.8, 4) is 0 Å². The predicted molar refractivity (Wildman–Crippen MR) is 401 cm³/mol. The van der Waals surface area contributed by atoms with Crippen molar-refractivity contribution in [2.75, 3.05) is 102 Å². The van der Waals surface area contributed by atoms with Crippen molar-refractivity contribution < 1.29 is 265 Å². The number of hydrogen-bond acceptors (Lipinski definition) is 23. The summed E-state index contributed by atoms with van der Waals surface area (Å²) in [6.07, 6.45) is 4.84. The normalized spacial score (nSPS) is 11.7. The summed E-state index contributed by atoms with van der Waals surface area (Å²) in [5.41, 5.74) is 5.26. The van der Waals surface area contributed by atoms with E-state index in [0.717, 1.165) is 42.4 Å². The molecule has 3 aromatic rings. The van der Waals surface area contributed by atoms with Crippen molar-refractivity contribution in [2.24, 2.45) is 16.2 Å². The molecule has 1 aliphatic heterocycles. The van der Waals surface area contributed by atoms with Gasteiger partial charge in [0, 0.05) is 236 Å². The van der Waals surface area contributed by atoms with Crippen LogP contribution in [0.4, 0.5) is 24.9 Å². The third-order valence-corrected chi connectivity index (χ3v) is 14.7. The SMILES string of the molecule is CC(=O)OCC(C)(C)C(=O)OCCCCl.CC1(C(=O)OCCCCl)COC(=O)OC1.CCOC(=O)OCCCCCNC(=O)Nc1ccc(CNC(=O)c2ccc(C(=O)NCc3ccc(CC(=O)CCCCCCOC(=O)OCC(C)(COC(C)=O)C(=O)OCCCCl)cc3)cc2)cc1.[3H][B]P.[B]I.[U].[U].[U].[U].[U]. The summed E-state index contributed by atoms with van der Waals surface area (Å²) in [7, 11) is 3.29. The van der Waals surface area contributed by atoms with Crippen molar-refractivity contribution >= 4 is 157 Å². The van der Waals surface area contributed by atoms with Gasteiger partial charge < -0.3 is 73.4 Å². The minimum absolute atomic E-state index is 0. The van der Waals surface area contributed by atoms with E-state index in [-0.39, 0.29) is 264 Å². The summed E-state index contributed by atoms with van der Waals surface area (Å²) < 4.78 is 60.0. The molecule has 4 rings (SSSR count). The average molecular weight is 2830 g/mol. The Morgan fingerprint density at radius 2 is 0.954 bits per heavy atom. The Morgan fingerprint density at radius 1 is 0.546 bits per heavy atom. The molecular weight excluding hydrogens is 2730 g/mol. The fraction of sp³-hybridized carbons (Fsp3) is 0.565. The van der Waals surface area contributed by atoms with Crippen LogP contribution in [0.15, 0.2) is 72.8 Å². The first kappa shape index (κ1) is 115. The number of benzene rings is 3. The number of cyclic esters (lactones) is 2. The Kier molecular flexibility index (Phi) is 76.1. The maximum atomic E-state index is 12.9. The van der Waals surface area contributed by atoms with Gasteiger partial charge in [0.05, 0.1) is 45.1 Å². The van der Waals surface area contributed by atoms with Gasteiger partial charge >= 0.3 is 54.3 Å². The van der Waals surface area contributed by atoms with Gasteiger partial charge in [-0.3, -0.25) is 38.4 Å². The molecule has 4 N–H and O–H groups in total. The largest absolute Gasteiger partial charge is 0.508 e. The van der Waals surface area contributed by atoms with E-state index in [0.29, 0.717) is 92.6 Å². The first-order chi connectivity index (χ1) is 49.6. The van der Waals surface area contributed by atoms with E-state index in [4.69, 9.17) is 78.8 Å². The van der Waals surface area contributed by atoms with Crippen LogP contribution in [0.2, 0.25) is 0 Å². The molecular formula is C69H98B2Cl3IN4O23PU5. The molecule has 108 heavy (non-hydrogen) atoms. The minimum atomic E-state index is -1.41. The van der Waals surface area contributed by atoms with Crippen molar-refractivity contribution in [2.45, 2.75) is 139 Å². The Hall–Kier alpha value is -1.88. The number of carbonyl (C=O) groups excluding carboxylic acids is 12. The zero-order valence-corrected chi connectivity index (χ0v) is 88.5. The number of halogens is 4. The summed E-state index contributed by atoms with van der Waals surface area (Å²) in [5.74, 6) is -1.82. The average Bonchev–Trinajstić information content (AvgIpc) is 0.890. The summed E-state index contributed by atoms with van der Waals surface area (Å²) in [4.78, 5) is 142. The van der Waals surface area contributed by atoms with Gasteiger partial charge in [0.2, 0.25) is 0 Å². The van der Waals surface area contributed by atoms with E-state index in [2.05, 4.69) is 45.6 Å². The van der Waals surface area contributed by atoms with Crippen LogP contribution in [0, 0.1) is 172 Å². The topological polar surface area (TPSA) is 354 Å². The molecule has 0 aliphatic carbocycles. The van der Waals surface area contributed by atoms with Crippen molar-refractivity contribution in [1.82, 2.24) is 16.0 Å². The molecule has 27 nitrogen and oxygen atoms in total. The monoisotopic (exact) mass is 2830 g/mol. The summed E-state index contributed by atoms with van der Waals surface area (Å²) in [6, 6.07) is 20.5. The van der Waals surface area contributed by atoms with Gasteiger partial charge in [0.25, 0.3) is 11.8 Å². The zero-order valence-electron chi connectivity index (χ0n) is 63.1. The maximum absolute atomic E-state index is 12.9. The number of unbranched alkanes of at least 4 members (excludes halogenated alkanes) is 5. The molecule has 1 saturated heterocycles. The molecule has 4 amide bonds. The van der Waals surface area contributed by atoms with Gasteiger partial charge in [-0.25, -0.2) is 19.2 Å². The number of ketones is 1. The van der Waals surface area contributed by atoms with Crippen molar-refractivity contribution in [3.63, 3.8) is 0 Å². The van der Waals surface area contributed by atoms with E-state index in [1.54, 1.807) is 98.6 Å². The molecule has 0 aromatic heterocycles. The van der Waals surface area contributed by atoms with Crippen molar-refractivity contribution in [3.05, 3.63) is 101 Å². The molecule has 0 spiro atoms. The number of carbonyl (C=O) groups is 12. The fourth-order valence-corrected chi connectivity index (χ4v) is 8.36. The van der Waals surface area contributed by atoms with Gasteiger partial charge in [-0.2, -0.15) is 31.5 Å². The number of nitrogens with one attached hydrogen (secondary N) is 4. The predicted octanol–water partition coefficient (Wildman–Crippen LogP) is 11.2.